The number of halogens is 1. The van der Waals surface area contributed by atoms with Gasteiger partial charge in [-0.3, -0.25) is 14.8 Å². The fourth-order valence-corrected chi connectivity index (χ4v) is 5.23. The van der Waals surface area contributed by atoms with Crippen molar-refractivity contribution in [3.63, 3.8) is 0 Å². The molecule has 0 bridgehead atoms. The van der Waals surface area contributed by atoms with Crippen LogP contribution in [0.1, 0.15) is 37.0 Å². The molecule has 2 amide bonds. The Kier molecular flexibility index (Phi) is 7.39. The number of nitrogens with one attached hydrogen (secondary N) is 2. The Balaban J connectivity index is 1.29. The third-order valence-corrected chi connectivity index (χ3v) is 7.68. The van der Waals surface area contributed by atoms with Gasteiger partial charge in [0.1, 0.15) is 11.1 Å². The number of nitrogens with zero attached hydrogens (tertiary/aromatic N) is 2. The fraction of sp³-hybridized carbons (Fsp3) is 0.207. The zero-order chi connectivity index (χ0) is 28.5. The first kappa shape index (κ1) is 27.4. The topological polar surface area (TPSA) is 119 Å². The first-order chi connectivity index (χ1) is 19.1. The average molecular weight is 579 g/mol. The summed E-state index contributed by atoms with van der Waals surface area (Å²) in [5.41, 5.74) is 3.37. The zero-order valence-electron chi connectivity index (χ0n) is 21.8. The van der Waals surface area contributed by atoms with Crippen molar-refractivity contribution in [3.05, 3.63) is 101 Å². The summed E-state index contributed by atoms with van der Waals surface area (Å²) >= 11 is 6.32. The van der Waals surface area contributed by atoms with E-state index in [-0.39, 0.29) is 10.8 Å². The summed E-state index contributed by atoms with van der Waals surface area (Å²) in [4.78, 5) is 25.1. The predicted octanol–water partition coefficient (Wildman–Crippen LogP) is 5.61. The molecule has 1 aliphatic rings. The van der Waals surface area contributed by atoms with Crippen LogP contribution < -0.4 is 10.0 Å². The lowest BCUT2D eigenvalue weighted by atomic mass is 9.93. The smallest absolute Gasteiger partial charge is 0.413 e. The third kappa shape index (κ3) is 5.88. The minimum absolute atomic E-state index is 0.262. The number of anilines is 1. The molecule has 0 aliphatic heterocycles. The van der Waals surface area contributed by atoms with Gasteiger partial charge in [-0.1, -0.05) is 78.3 Å². The van der Waals surface area contributed by atoms with Gasteiger partial charge in [0.15, 0.2) is 5.82 Å². The maximum atomic E-state index is 12.6. The van der Waals surface area contributed by atoms with Crippen molar-refractivity contribution in [2.45, 2.75) is 31.3 Å². The van der Waals surface area contributed by atoms with Crippen molar-refractivity contribution in [2.75, 3.05) is 11.6 Å². The molecule has 1 saturated carbocycles. The summed E-state index contributed by atoms with van der Waals surface area (Å²) in [6, 6.07) is 24.4. The van der Waals surface area contributed by atoms with Crippen LogP contribution in [0.15, 0.2) is 85.1 Å². The van der Waals surface area contributed by atoms with Crippen molar-refractivity contribution in [1.82, 2.24) is 14.5 Å². The van der Waals surface area contributed by atoms with Gasteiger partial charge in [0.2, 0.25) is 15.9 Å². The van der Waals surface area contributed by atoms with Gasteiger partial charge in [-0.2, -0.15) is 5.10 Å². The van der Waals surface area contributed by atoms with Crippen molar-refractivity contribution in [2.24, 2.45) is 0 Å². The molecule has 1 atom stereocenters. The number of ether oxygens (including phenoxy) is 1. The second-order valence-corrected chi connectivity index (χ2v) is 11.9. The number of carbonyl (C=O) groups excluding carboxylic acids is 2. The molecule has 1 aromatic heterocycles. The highest BCUT2D eigenvalue weighted by Crippen LogP contribution is 2.48. The Morgan fingerprint density at radius 3 is 2.15 bits per heavy atom. The summed E-state index contributed by atoms with van der Waals surface area (Å²) in [5.74, 6) is -0.209. The molecule has 206 valence electrons. The summed E-state index contributed by atoms with van der Waals surface area (Å²) in [6.07, 6.45) is 2.51. The van der Waals surface area contributed by atoms with Crippen LogP contribution in [0.2, 0.25) is 5.02 Å². The van der Waals surface area contributed by atoms with Gasteiger partial charge in [-0.05, 0) is 54.2 Å². The Hall–Kier alpha value is -4.15. The number of hydrogen-bond acceptors (Lipinski definition) is 6. The van der Waals surface area contributed by atoms with E-state index in [9.17, 15) is 18.0 Å². The second-order valence-electron chi connectivity index (χ2n) is 9.75. The SMILES string of the molecule is C[C@@H](OC(=O)Nc1c(Cl)cnn1-c1ccc(-c2ccc(C3(C(=O)NS(C)(=O)=O)CC3)cc2)cc1)c1ccccc1. The lowest BCUT2D eigenvalue weighted by Gasteiger charge is -2.16. The average Bonchev–Trinajstić information content (AvgIpc) is 3.67. The van der Waals surface area contributed by atoms with Gasteiger partial charge >= 0.3 is 6.09 Å². The summed E-state index contributed by atoms with van der Waals surface area (Å²) in [5, 5.41) is 7.25. The number of carbonyl (C=O) groups is 2. The van der Waals surface area contributed by atoms with Gasteiger partial charge in [0, 0.05) is 0 Å². The van der Waals surface area contributed by atoms with E-state index in [0.29, 0.717) is 18.5 Å². The molecule has 40 heavy (non-hydrogen) atoms. The first-order valence-electron chi connectivity index (χ1n) is 12.6. The molecule has 1 heterocycles. The quantitative estimate of drug-likeness (QED) is 0.280. The molecular formula is C29H27ClN4O5S. The molecule has 9 nitrogen and oxygen atoms in total. The van der Waals surface area contributed by atoms with Crippen LogP contribution >= 0.6 is 11.6 Å². The molecule has 3 aromatic carbocycles. The number of rotatable bonds is 8. The van der Waals surface area contributed by atoms with E-state index >= 15 is 0 Å². The molecular weight excluding hydrogens is 552 g/mol. The minimum atomic E-state index is -3.62. The normalized spacial score (nSPS) is 14.7. The molecule has 0 saturated heterocycles. The van der Waals surface area contributed by atoms with E-state index in [1.165, 1.54) is 10.9 Å². The van der Waals surface area contributed by atoms with Crippen LogP contribution in [0.25, 0.3) is 16.8 Å². The number of aromatic nitrogens is 2. The zero-order valence-corrected chi connectivity index (χ0v) is 23.4. The molecule has 0 radical (unpaired) electrons. The van der Waals surface area contributed by atoms with Crippen LogP contribution in [0.5, 0.6) is 0 Å². The van der Waals surface area contributed by atoms with Crippen LogP contribution in [-0.2, 0) is 25.0 Å². The predicted molar refractivity (Wildman–Crippen MR) is 153 cm³/mol. The largest absolute Gasteiger partial charge is 0.441 e. The maximum absolute atomic E-state index is 12.6. The van der Waals surface area contributed by atoms with E-state index in [0.717, 1.165) is 28.5 Å². The van der Waals surface area contributed by atoms with E-state index in [4.69, 9.17) is 16.3 Å². The van der Waals surface area contributed by atoms with E-state index in [1.54, 1.807) is 6.92 Å². The Morgan fingerprint density at radius 1 is 0.975 bits per heavy atom. The Morgan fingerprint density at radius 2 is 1.57 bits per heavy atom. The van der Waals surface area contributed by atoms with Crippen LogP contribution in [-0.4, -0.2) is 36.5 Å². The molecule has 0 unspecified atom stereocenters. The highest BCUT2D eigenvalue weighted by atomic mass is 35.5. The molecule has 5 rings (SSSR count). The van der Waals surface area contributed by atoms with Gasteiger partial charge in [-0.15, -0.1) is 0 Å². The van der Waals surface area contributed by atoms with E-state index in [2.05, 4.69) is 15.1 Å². The lowest BCUT2D eigenvalue weighted by molar-refractivity contribution is -0.121. The molecule has 4 aromatic rings. The molecule has 2 N–H and O–H groups in total. The maximum Gasteiger partial charge on any atom is 0.413 e. The van der Waals surface area contributed by atoms with Crippen molar-refractivity contribution in [3.8, 4) is 16.8 Å². The summed E-state index contributed by atoms with van der Waals surface area (Å²) in [7, 11) is -3.62. The molecule has 1 fully saturated rings. The van der Waals surface area contributed by atoms with Crippen LogP contribution in [0.3, 0.4) is 0 Å². The Bertz CT molecular complexity index is 1650. The molecule has 11 heteroatoms. The van der Waals surface area contributed by atoms with Crippen molar-refractivity contribution < 1.29 is 22.7 Å². The standard InChI is InChI=1S/C29H27ClN4O5S/c1-19(20-6-4-3-5-7-20)39-28(36)32-26-25(30)18-31-34(26)24-14-10-22(11-15-24)21-8-12-23(13-9-21)29(16-17-29)27(35)33-40(2,37)38/h3-15,18-19H,16-17H2,1-2H3,(H,32,36)(H,33,35)/t19-/m1/s1. The lowest BCUT2D eigenvalue weighted by Crippen LogP contribution is -2.38. The monoisotopic (exact) mass is 578 g/mol. The number of benzene rings is 3. The number of hydrogen-bond donors (Lipinski definition) is 2. The van der Waals surface area contributed by atoms with Gasteiger partial charge in [-0.25, -0.2) is 17.9 Å². The summed E-state index contributed by atoms with van der Waals surface area (Å²) < 4.78 is 32.2. The highest BCUT2D eigenvalue weighted by Gasteiger charge is 2.52. The highest BCUT2D eigenvalue weighted by molar-refractivity contribution is 7.89. The van der Waals surface area contributed by atoms with Gasteiger partial charge in [0.05, 0.1) is 23.6 Å². The number of amides is 2. The number of sulfonamides is 1. The first-order valence-corrected chi connectivity index (χ1v) is 14.8. The summed E-state index contributed by atoms with van der Waals surface area (Å²) in [6.45, 7) is 1.79. The van der Waals surface area contributed by atoms with Crippen LogP contribution in [0.4, 0.5) is 10.6 Å². The van der Waals surface area contributed by atoms with Crippen LogP contribution in [0, 0.1) is 0 Å². The molecule has 1 aliphatic carbocycles. The van der Waals surface area contributed by atoms with Gasteiger partial charge in [0.25, 0.3) is 0 Å². The van der Waals surface area contributed by atoms with Gasteiger partial charge < -0.3 is 4.74 Å². The molecule has 0 spiro atoms. The minimum Gasteiger partial charge on any atom is -0.441 e. The van der Waals surface area contributed by atoms with Crippen molar-refractivity contribution >= 4 is 39.4 Å². The Labute approximate surface area is 237 Å². The third-order valence-electron chi connectivity index (χ3n) is 6.84. The second kappa shape index (κ2) is 10.8. The fourth-order valence-electron chi connectivity index (χ4n) is 4.53. The van der Waals surface area contributed by atoms with E-state index < -0.39 is 33.5 Å². The van der Waals surface area contributed by atoms with Crippen molar-refractivity contribution in [1.29, 1.82) is 0 Å². The van der Waals surface area contributed by atoms with E-state index in [1.807, 2.05) is 78.9 Å².